The number of para-hydroxylation sites is 2. The van der Waals surface area contributed by atoms with Crippen LogP contribution >= 0.6 is 0 Å². The molecule has 6 aromatic rings. The van der Waals surface area contributed by atoms with Gasteiger partial charge >= 0.3 is 0 Å². The number of carbonyl (C=O) groups is 1. The summed E-state index contributed by atoms with van der Waals surface area (Å²) in [5.74, 6) is 0.224. The van der Waals surface area contributed by atoms with Crippen LogP contribution in [0.1, 0.15) is 5.69 Å². The molecule has 0 spiro atoms. The Bertz CT molecular complexity index is 1680. The van der Waals surface area contributed by atoms with E-state index < -0.39 is 0 Å². The second kappa shape index (κ2) is 8.75. The first-order valence-corrected chi connectivity index (χ1v) is 11.1. The van der Waals surface area contributed by atoms with Gasteiger partial charge in [-0.15, -0.1) is 0 Å². The van der Waals surface area contributed by atoms with E-state index in [0.717, 1.165) is 44.6 Å². The fourth-order valence-electron chi connectivity index (χ4n) is 4.08. The summed E-state index contributed by atoms with van der Waals surface area (Å²) in [6.45, 7) is 0. The SMILES string of the molecule is O=C(Cc1cnc2ccccc2n1)Nc1cc(-c2[nH]c3cccnc3c2-c2ccccn2)ccn1. The number of amides is 1. The Labute approximate surface area is 200 Å². The minimum absolute atomic E-state index is 0.0965. The van der Waals surface area contributed by atoms with Crippen LogP contribution in [-0.4, -0.2) is 35.8 Å². The molecule has 8 heteroatoms. The lowest BCUT2D eigenvalue weighted by Crippen LogP contribution is -2.16. The number of aromatic nitrogens is 6. The normalized spacial score (nSPS) is 11.1. The second-order valence-electron chi connectivity index (χ2n) is 7.99. The topological polar surface area (TPSA) is 109 Å². The third-order valence-electron chi connectivity index (χ3n) is 5.63. The molecule has 5 heterocycles. The predicted octanol–water partition coefficient (Wildman–Crippen LogP) is 4.81. The fraction of sp³-hybridized carbons (Fsp3) is 0.0370. The monoisotopic (exact) mass is 457 g/mol. The van der Waals surface area contributed by atoms with Gasteiger partial charge in [-0.25, -0.2) is 9.97 Å². The lowest BCUT2D eigenvalue weighted by atomic mass is 10.0. The molecule has 0 aliphatic rings. The van der Waals surface area contributed by atoms with Gasteiger partial charge in [-0.05, 0) is 48.5 Å². The number of carbonyl (C=O) groups excluding carboxylic acids is 1. The highest BCUT2D eigenvalue weighted by Crippen LogP contribution is 2.36. The summed E-state index contributed by atoms with van der Waals surface area (Å²) < 4.78 is 0. The Kier molecular flexibility index (Phi) is 5.16. The number of rotatable bonds is 5. The first-order chi connectivity index (χ1) is 17.2. The van der Waals surface area contributed by atoms with Crippen molar-refractivity contribution in [2.75, 3.05) is 5.32 Å². The Balaban J connectivity index is 1.31. The van der Waals surface area contributed by atoms with Gasteiger partial charge < -0.3 is 10.3 Å². The number of aromatic amines is 1. The zero-order chi connectivity index (χ0) is 23.6. The highest BCUT2D eigenvalue weighted by Gasteiger charge is 2.18. The average molecular weight is 457 g/mol. The smallest absolute Gasteiger partial charge is 0.231 e. The van der Waals surface area contributed by atoms with Crippen LogP contribution in [0.4, 0.5) is 5.82 Å². The standard InChI is InChI=1S/C27H19N7O/c35-24(15-18-16-31-19-6-1-2-7-20(19)32-18)34-23-14-17(10-13-29-23)26-25(21-8-3-4-11-28-21)27-22(33-26)9-5-12-30-27/h1-14,16,33H,15H2,(H,29,34,35). The van der Waals surface area contributed by atoms with Crippen molar-refractivity contribution in [2.24, 2.45) is 0 Å². The summed E-state index contributed by atoms with van der Waals surface area (Å²) in [6, 6.07) is 20.9. The number of fused-ring (bicyclic) bond motifs is 2. The summed E-state index contributed by atoms with van der Waals surface area (Å²) >= 11 is 0. The number of hydrogen-bond acceptors (Lipinski definition) is 6. The van der Waals surface area contributed by atoms with Crippen LogP contribution in [0.3, 0.4) is 0 Å². The van der Waals surface area contributed by atoms with E-state index in [4.69, 9.17) is 0 Å². The third-order valence-corrected chi connectivity index (χ3v) is 5.63. The molecule has 2 N–H and O–H groups in total. The molecule has 5 aromatic heterocycles. The number of benzene rings is 1. The minimum atomic E-state index is -0.220. The molecule has 1 aromatic carbocycles. The first kappa shape index (κ1) is 20.6. The van der Waals surface area contributed by atoms with E-state index in [-0.39, 0.29) is 12.3 Å². The first-order valence-electron chi connectivity index (χ1n) is 11.1. The van der Waals surface area contributed by atoms with Gasteiger partial charge in [0.25, 0.3) is 0 Å². The van der Waals surface area contributed by atoms with Gasteiger partial charge in [-0.2, -0.15) is 0 Å². The number of hydrogen-bond donors (Lipinski definition) is 2. The van der Waals surface area contributed by atoms with Crippen LogP contribution in [-0.2, 0) is 11.2 Å². The van der Waals surface area contributed by atoms with Gasteiger partial charge in [0, 0.05) is 30.4 Å². The maximum atomic E-state index is 12.7. The van der Waals surface area contributed by atoms with Crippen LogP contribution in [0.25, 0.3) is 44.6 Å². The van der Waals surface area contributed by atoms with Gasteiger partial charge in [0.15, 0.2) is 0 Å². The molecule has 0 aliphatic heterocycles. The van der Waals surface area contributed by atoms with Crippen LogP contribution in [0.15, 0.2) is 91.5 Å². The lowest BCUT2D eigenvalue weighted by molar-refractivity contribution is -0.115. The van der Waals surface area contributed by atoms with E-state index in [1.807, 2.05) is 66.7 Å². The van der Waals surface area contributed by atoms with Crippen LogP contribution in [0.2, 0.25) is 0 Å². The van der Waals surface area contributed by atoms with Crippen molar-refractivity contribution in [2.45, 2.75) is 6.42 Å². The molecule has 0 aliphatic carbocycles. The molecule has 8 nitrogen and oxygen atoms in total. The van der Waals surface area contributed by atoms with Gasteiger partial charge in [0.1, 0.15) is 5.82 Å². The highest BCUT2D eigenvalue weighted by atomic mass is 16.1. The molecular weight excluding hydrogens is 438 g/mol. The Morgan fingerprint density at radius 2 is 1.69 bits per heavy atom. The van der Waals surface area contributed by atoms with E-state index in [0.29, 0.717) is 11.5 Å². The van der Waals surface area contributed by atoms with Crippen molar-refractivity contribution in [1.29, 1.82) is 0 Å². The largest absolute Gasteiger partial charge is 0.353 e. The molecule has 6 rings (SSSR count). The van der Waals surface area contributed by atoms with E-state index >= 15 is 0 Å². The average Bonchev–Trinajstić information content (AvgIpc) is 3.29. The molecule has 0 fully saturated rings. The van der Waals surface area contributed by atoms with Crippen molar-refractivity contribution >= 4 is 33.8 Å². The minimum Gasteiger partial charge on any atom is -0.353 e. The van der Waals surface area contributed by atoms with Crippen molar-refractivity contribution in [3.05, 3.63) is 97.2 Å². The van der Waals surface area contributed by atoms with E-state index in [1.165, 1.54) is 0 Å². The molecule has 0 saturated heterocycles. The van der Waals surface area contributed by atoms with Crippen LogP contribution in [0.5, 0.6) is 0 Å². The molecular formula is C27H19N7O. The molecule has 35 heavy (non-hydrogen) atoms. The van der Waals surface area contributed by atoms with Gasteiger partial charge in [0.05, 0.1) is 51.1 Å². The Morgan fingerprint density at radius 3 is 2.57 bits per heavy atom. The third kappa shape index (κ3) is 4.08. The van der Waals surface area contributed by atoms with E-state index in [9.17, 15) is 4.79 Å². The van der Waals surface area contributed by atoms with Gasteiger partial charge in [-0.1, -0.05) is 18.2 Å². The zero-order valence-corrected chi connectivity index (χ0v) is 18.5. The molecule has 0 atom stereocenters. The maximum Gasteiger partial charge on any atom is 0.231 e. The molecule has 0 bridgehead atoms. The molecule has 0 saturated carbocycles. The summed E-state index contributed by atoms with van der Waals surface area (Å²) in [7, 11) is 0. The van der Waals surface area contributed by atoms with Gasteiger partial charge in [-0.3, -0.25) is 19.7 Å². The quantitative estimate of drug-likeness (QED) is 0.384. The second-order valence-corrected chi connectivity index (χ2v) is 7.99. The number of H-pyrrole nitrogens is 1. The summed E-state index contributed by atoms with van der Waals surface area (Å²) in [5.41, 5.74) is 7.31. The number of nitrogens with one attached hydrogen (secondary N) is 2. The molecule has 1 amide bonds. The number of nitrogens with zero attached hydrogens (tertiary/aromatic N) is 5. The van der Waals surface area contributed by atoms with Crippen molar-refractivity contribution in [3.63, 3.8) is 0 Å². The summed E-state index contributed by atoms with van der Waals surface area (Å²) in [5, 5.41) is 2.88. The molecule has 0 unspecified atom stereocenters. The zero-order valence-electron chi connectivity index (χ0n) is 18.5. The van der Waals surface area contributed by atoms with Gasteiger partial charge in [0.2, 0.25) is 5.91 Å². The fourth-order valence-corrected chi connectivity index (χ4v) is 4.08. The summed E-state index contributed by atoms with van der Waals surface area (Å²) in [4.78, 5) is 38.6. The molecule has 168 valence electrons. The highest BCUT2D eigenvalue weighted by molar-refractivity contribution is 6.01. The maximum absolute atomic E-state index is 12.7. The van der Waals surface area contributed by atoms with E-state index in [1.54, 1.807) is 24.8 Å². The Morgan fingerprint density at radius 1 is 0.829 bits per heavy atom. The van der Waals surface area contributed by atoms with Crippen LogP contribution in [0, 0.1) is 0 Å². The number of pyridine rings is 3. The van der Waals surface area contributed by atoms with E-state index in [2.05, 4.69) is 35.2 Å². The number of anilines is 1. The predicted molar refractivity (Wildman–Crippen MR) is 134 cm³/mol. The van der Waals surface area contributed by atoms with Crippen molar-refractivity contribution < 1.29 is 4.79 Å². The summed E-state index contributed by atoms with van der Waals surface area (Å²) in [6.07, 6.45) is 6.92. The van der Waals surface area contributed by atoms with Crippen molar-refractivity contribution in [1.82, 2.24) is 29.9 Å². The Hall–Kier alpha value is -4.98. The van der Waals surface area contributed by atoms with Crippen LogP contribution < -0.4 is 5.32 Å². The lowest BCUT2D eigenvalue weighted by Gasteiger charge is -2.08. The van der Waals surface area contributed by atoms with Crippen molar-refractivity contribution in [3.8, 4) is 22.5 Å². The molecule has 0 radical (unpaired) electrons.